The van der Waals surface area contributed by atoms with Crippen LogP contribution in [0.3, 0.4) is 0 Å². The normalized spacial score (nSPS) is 58.7. The first-order chi connectivity index (χ1) is 7.31. The van der Waals surface area contributed by atoms with Crippen LogP contribution >= 0.6 is 0 Å². The van der Waals surface area contributed by atoms with Gasteiger partial charge >= 0.3 is 0 Å². The van der Waals surface area contributed by atoms with Crippen LogP contribution in [0.4, 0.5) is 0 Å². The molecule has 0 aromatic heterocycles. The minimum absolute atomic E-state index is 0.192. The molecule has 1 N–H and O–H groups in total. The van der Waals surface area contributed by atoms with Gasteiger partial charge in [-0.3, -0.25) is 0 Å². The Bertz CT molecular complexity index is 321. The van der Waals surface area contributed by atoms with Crippen molar-refractivity contribution < 1.29 is 5.11 Å². The molecule has 0 heterocycles. The second-order valence-electron chi connectivity index (χ2n) is 7.78. The third-order valence-electron chi connectivity index (χ3n) is 6.54. The van der Waals surface area contributed by atoms with E-state index in [0.717, 1.165) is 5.92 Å². The maximum absolute atomic E-state index is 11.3. The topological polar surface area (TPSA) is 20.2 Å². The Labute approximate surface area is 99.6 Å². The molecule has 0 aromatic carbocycles. The van der Waals surface area contributed by atoms with Crippen molar-refractivity contribution in [1.82, 2.24) is 0 Å². The number of hydrogen-bond donors (Lipinski definition) is 1. The lowest BCUT2D eigenvalue weighted by atomic mass is 9.46. The van der Waals surface area contributed by atoms with Crippen molar-refractivity contribution >= 4 is 0 Å². The first-order valence-corrected chi connectivity index (χ1v) is 7.04. The molecular weight excluding hydrogens is 196 g/mol. The largest absolute Gasteiger partial charge is 0.389 e. The van der Waals surface area contributed by atoms with Gasteiger partial charge in [0, 0.05) is 0 Å². The summed E-state index contributed by atoms with van der Waals surface area (Å²) in [5.74, 6) is 1.87. The summed E-state index contributed by atoms with van der Waals surface area (Å²) in [7, 11) is 0. The summed E-state index contributed by atoms with van der Waals surface area (Å²) in [5.41, 5.74) is 0.297. The third-order valence-corrected chi connectivity index (χ3v) is 6.54. The van der Waals surface area contributed by atoms with Gasteiger partial charge < -0.3 is 5.11 Å². The molecule has 0 aliphatic heterocycles. The molecule has 3 rings (SSSR count). The zero-order valence-corrected chi connectivity index (χ0v) is 11.2. The Balaban J connectivity index is 2.11. The average molecular weight is 222 g/mol. The van der Waals surface area contributed by atoms with Gasteiger partial charge in [-0.05, 0) is 60.7 Å². The van der Waals surface area contributed by atoms with E-state index in [1.54, 1.807) is 0 Å². The van der Waals surface area contributed by atoms with Crippen molar-refractivity contribution in [3.63, 3.8) is 0 Å². The van der Waals surface area contributed by atoms with E-state index >= 15 is 0 Å². The molecule has 3 aliphatic carbocycles. The maximum Gasteiger partial charge on any atom is 0.0757 e. The van der Waals surface area contributed by atoms with Crippen LogP contribution in [0.15, 0.2) is 0 Å². The van der Waals surface area contributed by atoms with Crippen LogP contribution in [0.5, 0.6) is 0 Å². The van der Waals surface area contributed by atoms with Gasteiger partial charge in [-0.1, -0.05) is 27.7 Å². The van der Waals surface area contributed by atoms with Crippen molar-refractivity contribution in [1.29, 1.82) is 0 Å². The molecule has 0 unspecified atom stereocenters. The van der Waals surface area contributed by atoms with E-state index in [-0.39, 0.29) is 11.0 Å². The highest BCUT2D eigenvalue weighted by molar-refractivity contribution is 5.18. The molecule has 3 fully saturated rings. The molecule has 16 heavy (non-hydrogen) atoms. The predicted molar refractivity (Wildman–Crippen MR) is 66.1 cm³/mol. The first kappa shape index (κ1) is 11.1. The van der Waals surface area contributed by atoms with Gasteiger partial charge in [0.1, 0.15) is 0 Å². The molecule has 92 valence electrons. The van der Waals surface area contributed by atoms with Crippen molar-refractivity contribution in [3.05, 3.63) is 0 Å². The van der Waals surface area contributed by atoms with Crippen molar-refractivity contribution in [2.75, 3.05) is 0 Å². The summed E-state index contributed by atoms with van der Waals surface area (Å²) in [4.78, 5) is 0. The van der Waals surface area contributed by atoms with Crippen LogP contribution in [0.1, 0.15) is 59.8 Å². The molecule has 4 bridgehead atoms. The highest BCUT2D eigenvalue weighted by atomic mass is 16.3. The lowest BCUT2D eigenvalue weighted by molar-refractivity contribution is -0.216. The summed E-state index contributed by atoms with van der Waals surface area (Å²) >= 11 is 0. The molecule has 3 saturated carbocycles. The quantitative estimate of drug-likeness (QED) is 0.664. The lowest BCUT2D eigenvalue weighted by Crippen LogP contribution is -2.63. The zero-order chi connectivity index (χ0) is 11.8. The molecule has 1 nitrogen and oxygen atoms in total. The van der Waals surface area contributed by atoms with Gasteiger partial charge in [0.05, 0.1) is 5.60 Å². The molecule has 3 aliphatic rings. The third kappa shape index (κ3) is 1.02. The van der Waals surface area contributed by atoms with E-state index in [1.807, 2.05) is 0 Å². The van der Waals surface area contributed by atoms with E-state index < -0.39 is 0 Å². The van der Waals surface area contributed by atoms with E-state index in [9.17, 15) is 5.11 Å². The lowest BCUT2D eigenvalue weighted by Gasteiger charge is -2.62. The Kier molecular flexibility index (Phi) is 1.98. The van der Waals surface area contributed by atoms with Crippen molar-refractivity contribution in [2.45, 2.75) is 65.4 Å². The van der Waals surface area contributed by atoms with Crippen LogP contribution in [0, 0.1) is 28.6 Å². The van der Waals surface area contributed by atoms with Gasteiger partial charge in [0.25, 0.3) is 0 Å². The molecule has 5 atom stereocenters. The van der Waals surface area contributed by atoms with Gasteiger partial charge in [-0.15, -0.1) is 0 Å². The minimum Gasteiger partial charge on any atom is -0.389 e. The smallest absolute Gasteiger partial charge is 0.0757 e. The minimum atomic E-state index is -0.342. The molecular formula is C15H26O. The van der Waals surface area contributed by atoms with E-state index in [2.05, 4.69) is 27.7 Å². The average Bonchev–Trinajstić information content (AvgIpc) is 2.36. The van der Waals surface area contributed by atoms with Gasteiger partial charge in [0.15, 0.2) is 0 Å². The maximum atomic E-state index is 11.3. The Hall–Kier alpha value is -0.0400. The molecule has 0 amide bonds. The molecule has 0 radical (unpaired) electrons. The summed E-state index contributed by atoms with van der Waals surface area (Å²) in [6.07, 6.45) is 6.32. The Morgan fingerprint density at radius 2 is 1.69 bits per heavy atom. The predicted octanol–water partition coefficient (Wildman–Crippen LogP) is 3.61. The zero-order valence-electron chi connectivity index (χ0n) is 11.2. The van der Waals surface area contributed by atoms with Crippen molar-refractivity contribution in [3.8, 4) is 0 Å². The second-order valence-corrected chi connectivity index (χ2v) is 7.78. The van der Waals surface area contributed by atoms with Crippen LogP contribution in [0.25, 0.3) is 0 Å². The van der Waals surface area contributed by atoms with Gasteiger partial charge in [0.2, 0.25) is 0 Å². The summed E-state index contributed by atoms with van der Waals surface area (Å²) in [6.45, 7) is 9.51. The molecule has 0 saturated heterocycles. The summed E-state index contributed by atoms with van der Waals surface area (Å²) in [5, 5.41) is 11.3. The van der Waals surface area contributed by atoms with E-state index in [4.69, 9.17) is 0 Å². The van der Waals surface area contributed by atoms with Crippen molar-refractivity contribution in [2.24, 2.45) is 28.6 Å². The van der Waals surface area contributed by atoms with Crippen LogP contribution < -0.4 is 0 Å². The van der Waals surface area contributed by atoms with Crippen LogP contribution in [0.2, 0.25) is 0 Å². The highest BCUT2D eigenvalue weighted by Crippen LogP contribution is 2.70. The fourth-order valence-corrected chi connectivity index (χ4v) is 5.96. The fourth-order valence-electron chi connectivity index (χ4n) is 5.96. The number of hydrogen-bond acceptors (Lipinski definition) is 1. The Morgan fingerprint density at radius 1 is 1.00 bits per heavy atom. The fraction of sp³-hybridized carbons (Fsp3) is 1.00. The summed E-state index contributed by atoms with van der Waals surface area (Å²) in [6, 6.07) is 0. The number of rotatable bonds is 0. The van der Waals surface area contributed by atoms with E-state index in [0.29, 0.717) is 17.3 Å². The molecule has 1 heteroatoms. The standard InChI is InChI=1S/C15H26O/c1-10-5-6-11-12-7-8-14(4,15(10,12)16)9-13(11,2)3/h10-12,16H,5-9H2,1-4H3/t10-,11+,12+,14+,15+/m0/s1. The second kappa shape index (κ2) is 2.85. The van der Waals surface area contributed by atoms with Crippen LogP contribution in [-0.2, 0) is 0 Å². The van der Waals surface area contributed by atoms with Gasteiger partial charge in [-0.25, -0.2) is 0 Å². The SMILES string of the molecule is C[C@H]1CC[C@@H]2[C@H]3CC[C@](C)(CC2(C)C)[C@]31O. The number of aliphatic hydroxyl groups is 1. The van der Waals surface area contributed by atoms with E-state index in [1.165, 1.54) is 32.1 Å². The monoisotopic (exact) mass is 222 g/mol. The van der Waals surface area contributed by atoms with Gasteiger partial charge in [-0.2, -0.15) is 0 Å². The Morgan fingerprint density at radius 3 is 2.38 bits per heavy atom. The highest BCUT2D eigenvalue weighted by Gasteiger charge is 2.68. The molecule has 0 aromatic rings. The van der Waals surface area contributed by atoms with Crippen LogP contribution in [-0.4, -0.2) is 10.7 Å². The summed E-state index contributed by atoms with van der Waals surface area (Å²) < 4.78 is 0. The first-order valence-electron chi connectivity index (χ1n) is 7.04. The molecule has 0 spiro atoms.